The fourth-order valence-corrected chi connectivity index (χ4v) is 3.16. The molecule has 0 radical (unpaired) electrons. The maximum absolute atomic E-state index is 12.4. The van der Waals surface area contributed by atoms with Gasteiger partial charge in [0.2, 0.25) is 5.88 Å². The van der Waals surface area contributed by atoms with E-state index in [0.29, 0.717) is 24.6 Å². The van der Waals surface area contributed by atoms with Gasteiger partial charge in [0.1, 0.15) is 0 Å². The van der Waals surface area contributed by atoms with Gasteiger partial charge in [-0.1, -0.05) is 24.3 Å². The predicted molar refractivity (Wildman–Crippen MR) is 92.1 cm³/mol. The number of esters is 1. The van der Waals surface area contributed by atoms with Crippen LogP contribution in [-0.2, 0) is 11.2 Å². The zero-order chi connectivity index (χ0) is 17.4. The Morgan fingerprint density at radius 2 is 2.08 bits per heavy atom. The Bertz CT molecular complexity index is 945. The molecule has 0 N–H and O–H groups in total. The number of ether oxygens (including phenoxy) is 2. The molecule has 3 aromatic rings. The van der Waals surface area contributed by atoms with Gasteiger partial charge in [0.15, 0.2) is 5.69 Å². The number of carbonyl (C=O) groups is 1. The number of nitrogens with zero attached hydrogens (tertiary/aromatic N) is 3. The molecule has 0 aliphatic heterocycles. The van der Waals surface area contributed by atoms with Gasteiger partial charge in [-0.3, -0.25) is 0 Å². The van der Waals surface area contributed by atoms with E-state index in [4.69, 9.17) is 9.47 Å². The average Bonchev–Trinajstić information content (AvgIpc) is 3.19. The predicted octanol–water partition coefficient (Wildman–Crippen LogP) is 3.02. The van der Waals surface area contributed by atoms with E-state index in [0.717, 1.165) is 22.5 Å². The minimum Gasteiger partial charge on any atom is -0.481 e. The lowest BCUT2D eigenvalue weighted by Gasteiger charge is -2.08. The third kappa shape index (κ3) is 2.46. The molecular formula is C19H17N3O3. The third-order valence-corrected chi connectivity index (χ3v) is 4.27. The van der Waals surface area contributed by atoms with Crippen molar-refractivity contribution in [3.8, 4) is 22.8 Å². The number of hydrogen-bond donors (Lipinski definition) is 0. The van der Waals surface area contributed by atoms with Crippen molar-refractivity contribution in [3.63, 3.8) is 0 Å². The Morgan fingerprint density at radius 1 is 1.24 bits per heavy atom. The van der Waals surface area contributed by atoms with E-state index < -0.39 is 5.97 Å². The summed E-state index contributed by atoms with van der Waals surface area (Å²) in [7, 11) is 1.57. The van der Waals surface area contributed by atoms with Gasteiger partial charge in [-0.25, -0.2) is 14.5 Å². The van der Waals surface area contributed by atoms with E-state index in [1.165, 1.54) is 5.56 Å². The number of carbonyl (C=O) groups excluding carboxylic acids is 1. The smallest absolute Gasteiger partial charge is 0.359 e. The molecule has 6 nitrogen and oxygen atoms in total. The van der Waals surface area contributed by atoms with E-state index in [1.54, 1.807) is 31.0 Å². The van der Waals surface area contributed by atoms with Crippen LogP contribution in [0.3, 0.4) is 0 Å². The first kappa shape index (κ1) is 15.4. The molecule has 1 aromatic carbocycles. The molecule has 6 heteroatoms. The zero-order valence-electron chi connectivity index (χ0n) is 14.0. The van der Waals surface area contributed by atoms with Crippen LogP contribution in [0.5, 0.6) is 5.88 Å². The normalized spacial score (nSPS) is 11.8. The monoisotopic (exact) mass is 335 g/mol. The summed E-state index contributed by atoms with van der Waals surface area (Å²) in [5.74, 6) is 0.130. The van der Waals surface area contributed by atoms with Crippen molar-refractivity contribution in [3.05, 3.63) is 59.4 Å². The Morgan fingerprint density at radius 3 is 2.80 bits per heavy atom. The van der Waals surface area contributed by atoms with E-state index in [2.05, 4.69) is 16.1 Å². The third-order valence-electron chi connectivity index (χ3n) is 4.27. The lowest BCUT2D eigenvalue weighted by Crippen LogP contribution is -2.09. The molecule has 2 heterocycles. The van der Waals surface area contributed by atoms with Crippen LogP contribution < -0.4 is 4.74 Å². The quantitative estimate of drug-likeness (QED) is 0.536. The lowest BCUT2D eigenvalue weighted by atomic mass is 10.1. The number of benzene rings is 1. The molecule has 0 atom stereocenters. The molecule has 0 amide bonds. The van der Waals surface area contributed by atoms with Crippen LogP contribution >= 0.6 is 0 Å². The van der Waals surface area contributed by atoms with E-state index in [1.807, 2.05) is 24.3 Å². The molecule has 126 valence electrons. The number of hydrogen-bond acceptors (Lipinski definition) is 5. The molecule has 1 aliphatic rings. The summed E-state index contributed by atoms with van der Waals surface area (Å²) >= 11 is 0. The van der Waals surface area contributed by atoms with Gasteiger partial charge < -0.3 is 9.47 Å². The van der Waals surface area contributed by atoms with E-state index in [-0.39, 0.29) is 0 Å². The maximum Gasteiger partial charge on any atom is 0.359 e. The van der Waals surface area contributed by atoms with Crippen LogP contribution in [-0.4, -0.2) is 34.5 Å². The first-order valence-electron chi connectivity index (χ1n) is 8.10. The Hall–Kier alpha value is -3.15. The van der Waals surface area contributed by atoms with Crippen molar-refractivity contribution >= 4 is 5.97 Å². The summed E-state index contributed by atoms with van der Waals surface area (Å²) in [5, 5.41) is 4.54. The molecule has 25 heavy (non-hydrogen) atoms. The summed E-state index contributed by atoms with van der Waals surface area (Å²) in [5.41, 5.74) is 5.21. The van der Waals surface area contributed by atoms with Crippen LogP contribution in [0.15, 0.2) is 42.6 Å². The highest BCUT2D eigenvalue weighted by molar-refractivity contribution is 5.93. The first-order valence-corrected chi connectivity index (χ1v) is 8.10. The Kier molecular flexibility index (Phi) is 3.72. The van der Waals surface area contributed by atoms with Crippen LogP contribution in [0.1, 0.15) is 28.5 Å². The van der Waals surface area contributed by atoms with Gasteiger partial charge in [0.25, 0.3) is 0 Å². The number of pyridine rings is 1. The molecule has 0 spiro atoms. The molecule has 2 aromatic heterocycles. The van der Waals surface area contributed by atoms with Gasteiger partial charge in [-0.05, 0) is 18.6 Å². The Balaban J connectivity index is 1.90. The molecule has 0 saturated heterocycles. The summed E-state index contributed by atoms with van der Waals surface area (Å²) in [6.07, 6.45) is 2.35. The standard InChI is InChI=1S/C19H17N3O3/c1-3-25-19(23)17-15-10-12-6-4-5-7-14(12)18(15)22(21-17)13-8-9-16(24-2)20-11-13/h4-9,11H,3,10H2,1-2H3. The van der Waals surface area contributed by atoms with Crippen molar-refractivity contribution in [2.45, 2.75) is 13.3 Å². The fourth-order valence-electron chi connectivity index (χ4n) is 3.16. The topological polar surface area (TPSA) is 66.2 Å². The van der Waals surface area contributed by atoms with E-state index in [9.17, 15) is 4.79 Å². The summed E-state index contributed by atoms with van der Waals surface area (Å²) in [4.78, 5) is 16.6. The van der Waals surface area contributed by atoms with Gasteiger partial charge in [-0.2, -0.15) is 5.10 Å². The Labute approximate surface area is 145 Å². The highest BCUT2D eigenvalue weighted by atomic mass is 16.5. The number of aromatic nitrogens is 3. The van der Waals surface area contributed by atoms with Crippen LogP contribution in [0.25, 0.3) is 16.9 Å². The molecule has 0 bridgehead atoms. The summed E-state index contributed by atoms with van der Waals surface area (Å²) in [6.45, 7) is 2.11. The van der Waals surface area contributed by atoms with Crippen LogP contribution in [0.2, 0.25) is 0 Å². The molecule has 0 saturated carbocycles. The second kappa shape index (κ2) is 6.05. The van der Waals surface area contributed by atoms with Crippen molar-refractivity contribution in [2.75, 3.05) is 13.7 Å². The van der Waals surface area contributed by atoms with Crippen molar-refractivity contribution < 1.29 is 14.3 Å². The molecule has 0 unspecified atom stereocenters. The highest BCUT2D eigenvalue weighted by Gasteiger charge is 2.31. The van der Waals surface area contributed by atoms with Gasteiger partial charge in [0, 0.05) is 23.6 Å². The lowest BCUT2D eigenvalue weighted by molar-refractivity contribution is 0.0518. The van der Waals surface area contributed by atoms with Crippen LogP contribution in [0.4, 0.5) is 0 Å². The minimum absolute atomic E-state index is 0.317. The largest absolute Gasteiger partial charge is 0.481 e. The van der Waals surface area contributed by atoms with Gasteiger partial charge in [-0.15, -0.1) is 0 Å². The SMILES string of the molecule is CCOC(=O)c1nn(-c2ccc(OC)nc2)c2c1Cc1ccccc1-2. The van der Waals surface area contributed by atoms with Crippen molar-refractivity contribution in [1.29, 1.82) is 0 Å². The molecular weight excluding hydrogens is 318 g/mol. The maximum atomic E-state index is 12.4. The van der Waals surface area contributed by atoms with Gasteiger partial charge in [0.05, 0.1) is 31.3 Å². The zero-order valence-corrected chi connectivity index (χ0v) is 14.0. The van der Waals surface area contributed by atoms with Crippen LogP contribution in [0, 0.1) is 0 Å². The van der Waals surface area contributed by atoms with Gasteiger partial charge >= 0.3 is 5.97 Å². The van der Waals surface area contributed by atoms with Crippen molar-refractivity contribution in [2.24, 2.45) is 0 Å². The summed E-state index contributed by atoms with van der Waals surface area (Å²) < 4.78 is 12.1. The first-order chi connectivity index (χ1) is 12.2. The average molecular weight is 335 g/mol. The van der Waals surface area contributed by atoms with E-state index >= 15 is 0 Å². The number of fused-ring (bicyclic) bond motifs is 3. The fraction of sp³-hybridized carbons (Fsp3) is 0.211. The summed E-state index contributed by atoms with van der Waals surface area (Å²) in [6, 6.07) is 11.7. The molecule has 0 fully saturated rings. The molecule has 4 rings (SSSR count). The second-order valence-corrected chi connectivity index (χ2v) is 5.70. The second-order valence-electron chi connectivity index (χ2n) is 5.70. The number of methoxy groups -OCH3 is 1. The van der Waals surface area contributed by atoms with Crippen molar-refractivity contribution in [1.82, 2.24) is 14.8 Å². The molecule has 1 aliphatic carbocycles. The number of rotatable bonds is 4. The minimum atomic E-state index is -0.397. The highest BCUT2D eigenvalue weighted by Crippen LogP contribution is 2.39.